The van der Waals surface area contributed by atoms with E-state index in [0.717, 1.165) is 5.56 Å². The minimum absolute atomic E-state index is 0.0157. The lowest BCUT2D eigenvalue weighted by Crippen LogP contribution is -2.64. The summed E-state index contributed by atoms with van der Waals surface area (Å²) in [5.74, 6) is -0.299. The number of ether oxygens (including phenoxy) is 5. The van der Waals surface area contributed by atoms with Crippen LogP contribution in [0.5, 0.6) is 0 Å². The Bertz CT molecular complexity index is 730. The second-order valence-corrected chi connectivity index (χ2v) is 14.9. The maximum Gasteiger partial charge on any atom is 0.232 e. The first-order valence-electron chi connectivity index (χ1n) is 12.4. The van der Waals surface area contributed by atoms with E-state index in [1.807, 2.05) is 19.1 Å². The summed E-state index contributed by atoms with van der Waals surface area (Å²) < 4.78 is 34.2. The Morgan fingerprint density at radius 2 is 1.43 bits per heavy atom. The van der Waals surface area contributed by atoms with Gasteiger partial charge in [0.1, 0.15) is 12.1 Å². The van der Waals surface area contributed by atoms with Gasteiger partial charge in [-0.1, -0.05) is 20.8 Å². The highest BCUT2D eigenvalue weighted by molar-refractivity contribution is 6.74. The van der Waals surface area contributed by atoms with Crippen molar-refractivity contribution in [2.45, 2.75) is 64.8 Å². The minimum atomic E-state index is -1.95. The summed E-state index contributed by atoms with van der Waals surface area (Å²) in [4.78, 5) is 16.1. The highest BCUT2D eigenvalue weighted by Crippen LogP contribution is 2.39. The Balaban J connectivity index is 1.42. The average molecular weight is 513 g/mol. The molecule has 1 aromatic rings. The normalized spacial score (nSPS) is 19.3. The third-order valence-electron chi connectivity index (χ3n) is 6.37. The molecule has 0 aliphatic carbocycles. The number of hydrogen-bond acceptors (Lipinski definition) is 8. The van der Waals surface area contributed by atoms with Crippen LogP contribution in [0.2, 0.25) is 18.1 Å². The van der Waals surface area contributed by atoms with Crippen molar-refractivity contribution in [2.24, 2.45) is 5.92 Å². The molecule has 0 spiro atoms. The monoisotopic (exact) mass is 512 g/mol. The van der Waals surface area contributed by atoms with E-state index in [0.29, 0.717) is 59.5 Å². The van der Waals surface area contributed by atoms with Crippen molar-refractivity contribution >= 4 is 14.2 Å². The molecule has 0 saturated carbocycles. The number of carbonyl (C=O) groups is 1. The molecule has 0 unspecified atom stereocenters. The van der Waals surface area contributed by atoms with Crippen molar-refractivity contribution in [1.29, 1.82) is 0 Å². The number of carbonyl (C=O) groups excluding carboxylic acids is 1. The summed E-state index contributed by atoms with van der Waals surface area (Å²) in [7, 11) is -1.95. The molecule has 3 atom stereocenters. The van der Waals surface area contributed by atoms with E-state index >= 15 is 0 Å². The van der Waals surface area contributed by atoms with Crippen molar-refractivity contribution in [3.8, 4) is 0 Å². The molecule has 2 heterocycles. The predicted octanol–water partition coefficient (Wildman–Crippen LogP) is 3.15. The second kappa shape index (κ2) is 15.0. The number of hydrogen-bond donors (Lipinski definition) is 1. The maximum absolute atomic E-state index is 12.1. The van der Waals surface area contributed by atoms with Gasteiger partial charge in [-0.3, -0.25) is 9.78 Å². The lowest BCUT2D eigenvalue weighted by Gasteiger charge is -2.45. The SMILES string of the molecule is C[C@H](O[Si](C)(C)C(C)(C)C)[C@H]1C(=O)N[C@@H]1OCCOCCOCCOCCOCc1ccncc1. The molecule has 1 fully saturated rings. The standard InChI is InChI=1S/C25H44N2O7Si/c1-20(34-35(5,6)25(2,3)4)22-23(28)27-24(22)33-18-17-31-14-13-29-11-12-30-15-16-32-19-21-7-9-26-10-8-21/h7-10,20,22,24H,11-19H2,1-6H3,(H,27,28)/t20-,22-,24+/m0/s1. The zero-order valence-electron chi connectivity index (χ0n) is 22.2. The first kappa shape index (κ1) is 29.8. The van der Waals surface area contributed by atoms with Gasteiger partial charge in [-0.15, -0.1) is 0 Å². The molecule has 0 bridgehead atoms. The van der Waals surface area contributed by atoms with E-state index in [9.17, 15) is 4.79 Å². The van der Waals surface area contributed by atoms with Crippen molar-refractivity contribution < 1.29 is 32.9 Å². The van der Waals surface area contributed by atoms with Crippen LogP contribution in [0.15, 0.2) is 24.5 Å². The van der Waals surface area contributed by atoms with Crippen molar-refractivity contribution in [2.75, 3.05) is 52.9 Å². The zero-order chi connectivity index (χ0) is 25.7. The fraction of sp³-hybridized carbons (Fsp3) is 0.760. The molecule has 10 heteroatoms. The quantitative estimate of drug-likeness (QED) is 0.182. The van der Waals surface area contributed by atoms with Gasteiger partial charge < -0.3 is 33.4 Å². The van der Waals surface area contributed by atoms with Crippen LogP contribution in [-0.4, -0.2) is 84.4 Å². The van der Waals surface area contributed by atoms with Gasteiger partial charge in [0.15, 0.2) is 8.32 Å². The van der Waals surface area contributed by atoms with Crippen LogP contribution >= 0.6 is 0 Å². The molecule has 1 N–H and O–H groups in total. The first-order valence-corrected chi connectivity index (χ1v) is 15.3. The third-order valence-corrected chi connectivity index (χ3v) is 10.9. The summed E-state index contributed by atoms with van der Waals surface area (Å²) in [5.41, 5.74) is 1.09. The molecule has 1 aliphatic heterocycles. The van der Waals surface area contributed by atoms with Gasteiger partial charge in [-0.25, -0.2) is 0 Å². The van der Waals surface area contributed by atoms with Gasteiger partial charge in [0.2, 0.25) is 5.91 Å². The van der Waals surface area contributed by atoms with Crippen LogP contribution in [0.1, 0.15) is 33.3 Å². The number of rotatable bonds is 18. The fourth-order valence-electron chi connectivity index (χ4n) is 3.25. The molecule has 1 amide bonds. The van der Waals surface area contributed by atoms with E-state index in [1.165, 1.54) is 0 Å². The van der Waals surface area contributed by atoms with Crippen LogP contribution < -0.4 is 5.32 Å². The second-order valence-electron chi connectivity index (χ2n) is 10.2. The smallest absolute Gasteiger partial charge is 0.232 e. The Morgan fingerprint density at radius 3 is 1.94 bits per heavy atom. The van der Waals surface area contributed by atoms with E-state index < -0.39 is 8.32 Å². The van der Waals surface area contributed by atoms with E-state index in [1.54, 1.807) is 12.4 Å². The maximum atomic E-state index is 12.1. The fourth-order valence-corrected chi connectivity index (χ4v) is 4.68. The predicted molar refractivity (Wildman–Crippen MR) is 135 cm³/mol. The number of nitrogens with one attached hydrogen (secondary N) is 1. The summed E-state index contributed by atoms with van der Waals surface area (Å²) in [5, 5.41) is 2.91. The molecule has 0 radical (unpaired) electrons. The molecule has 35 heavy (non-hydrogen) atoms. The molecular weight excluding hydrogens is 468 g/mol. The summed E-state index contributed by atoms with van der Waals surface area (Å²) >= 11 is 0. The van der Waals surface area contributed by atoms with Gasteiger partial charge in [0.05, 0.1) is 65.6 Å². The number of β-lactam (4-membered cyclic amide) rings is 1. The largest absolute Gasteiger partial charge is 0.413 e. The minimum Gasteiger partial charge on any atom is -0.413 e. The van der Waals surface area contributed by atoms with Crippen LogP contribution in [0.3, 0.4) is 0 Å². The molecular formula is C25H44N2O7Si. The Hall–Kier alpha value is -1.40. The molecule has 1 saturated heterocycles. The molecule has 0 aromatic carbocycles. The van der Waals surface area contributed by atoms with Gasteiger partial charge in [-0.2, -0.15) is 0 Å². The van der Waals surface area contributed by atoms with Crippen LogP contribution in [0.25, 0.3) is 0 Å². The lowest BCUT2D eigenvalue weighted by molar-refractivity contribution is -0.164. The van der Waals surface area contributed by atoms with Crippen LogP contribution in [0.4, 0.5) is 0 Å². The average Bonchev–Trinajstić information content (AvgIpc) is 2.77. The van der Waals surface area contributed by atoms with E-state index in [-0.39, 0.29) is 29.2 Å². The number of aromatic nitrogens is 1. The summed E-state index contributed by atoms with van der Waals surface area (Å²) in [6.45, 7) is 17.4. The number of pyridine rings is 1. The first-order chi connectivity index (χ1) is 16.6. The Kier molecular flexibility index (Phi) is 12.8. The van der Waals surface area contributed by atoms with Gasteiger partial charge >= 0.3 is 0 Å². The van der Waals surface area contributed by atoms with E-state index in [2.05, 4.69) is 44.2 Å². The number of nitrogens with zero attached hydrogens (tertiary/aromatic N) is 1. The topological polar surface area (TPSA) is 97.4 Å². The van der Waals surface area contributed by atoms with Gasteiger partial charge in [0, 0.05) is 12.4 Å². The van der Waals surface area contributed by atoms with Crippen LogP contribution in [-0.2, 0) is 39.5 Å². The molecule has 1 aliphatic rings. The van der Waals surface area contributed by atoms with Crippen molar-refractivity contribution in [1.82, 2.24) is 10.3 Å². The van der Waals surface area contributed by atoms with Gasteiger partial charge in [-0.05, 0) is 42.8 Å². The molecule has 9 nitrogen and oxygen atoms in total. The number of amides is 1. The molecule has 1 aromatic heterocycles. The summed E-state index contributed by atoms with van der Waals surface area (Å²) in [6.07, 6.45) is 2.99. The van der Waals surface area contributed by atoms with Crippen LogP contribution in [0, 0.1) is 5.92 Å². The molecule has 200 valence electrons. The lowest BCUT2D eigenvalue weighted by atomic mass is 9.93. The third kappa shape index (κ3) is 10.6. The van der Waals surface area contributed by atoms with Gasteiger partial charge in [0.25, 0.3) is 0 Å². The highest BCUT2D eigenvalue weighted by Gasteiger charge is 2.48. The van der Waals surface area contributed by atoms with Crippen molar-refractivity contribution in [3.63, 3.8) is 0 Å². The highest BCUT2D eigenvalue weighted by atomic mass is 28.4. The van der Waals surface area contributed by atoms with Crippen molar-refractivity contribution in [3.05, 3.63) is 30.1 Å². The Morgan fingerprint density at radius 1 is 0.914 bits per heavy atom. The zero-order valence-corrected chi connectivity index (χ0v) is 23.2. The van der Waals surface area contributed by atoms with E-state index in [4.69, 9.17) is 28.1 Å². The summed E-state index contributed by atoms with van der Waals surface area (Å²) in [6, 6.07) is 3.86. The Labute approximate surface area is 211 Å². The molecule has 2 rings (SSSR count).